The molecule has 2 unspecified atom stereocenters. The van der Waals surface area contributed by atoms with Crippen molar-refractivity contribution in [2.75, 3.05) is 19.7 Å². The first kappa shape index (κ1) is 18.0. The molecule has 0 saturated carbocycles. The zero-order valence-corrected chi connectivity index (χ0v) is 14.3. The van der Waals surface area contributed by atoms with Crippen LogP contribution in [0.5, 0.6) is 5.75 Å². The lowest BCUT2D eigenvalue weighted by molar-refractivity contribution is -0.120. The number of benzene rings is 1. The molecule has 0 spiro atoms. The number of amides is 1. The Hall–Kier alpha value is -1.35. The maximum Gasteiger partial charge on any atom is 0.255 e. The van der Waals surface area contributed by atoms with Crippen LogP contribution < -0.4 is 20.5 Å². The van der Waals surface area contributed by atoms with Gasteiger partial charge in [0.25, 0.3) is 5.91 Å². The van der Waals surface area contributed by atoms with Crippen molar-refractivity contribution in [2.45, 2.75) is 24.3 Å². The third-order valence-corrected chi connectivity index (χ3v) is 5.40. The summed E-state index contributed by atoms with van der Waals surface area (Å²) in [6, 6.07) is 4.02. The number of halogens is 1. The number of hydrogen-bond acceptors (Lipinski definition) is 5. The minimum Gasteiger partial charge on any atom is -0.482 e. The minimum atomic E-state index is -3.83. The molecule has 2 rings (SSSR count). The first-order valence-corrected chi connectivity index (χ1v) is 9.09. The topological polar surface area (TPSA) is 111 Å². The SMILES string of the molecule is CC1CNCCC1NS(=O)(=O)c1cc(Cl)ccc1OCC(N)=O. The lowest BCUT2D eigenvalue weighted by Gasteiger charge is -2.30. The molecular formula is C14H20ClN3O4S. The normalized spacial score (nSPS) is 21.8. The first-order valence-electron chi connectivity index (χ1n) is 7.23. The van der Waals surface area contributed by atoms with Gasteiger partial charge in [0, 0.05) is 11.1 Å². The number of ether oxygens (including phenoxy) is 1. The summed E-state index contributed by atoms with van der Waals surface area (Å²) in [6.45, 7) is 3.06. The number of sulfonamides is 1. The van der Waals surface area contributed by atoms with Crippen molar-refractivity contribution in [2.24, 2.45) is 11.7 Å². The molecule has 0 aromatic heterocycles. The molecule has 0 bridgehead atoms. The van der Waals surface area contributed by atoms with Gasteiger partial charge in [0.15, 0.2) is 6.61 Å². The molecule has 2 atom stereocenters. The highest BCUT2D eigenvalue weighted by Gasteiger charge is 2.28. The third-order valence-electron chi connectivity index (χ3n) is 3.66. The van der Waals surface area contributed by atoms with E-state index in [4.69, 9.17) is 22.1 Å². The number of rotatable bonds is 6. The molecule has 0 aliphatic carbocycles. The monoisotopic (exact) mass is 361 g/mol. The van der Waals surface area contributed by atoms with Gasteiger partial charge in [-0.2, -0.15) is 0 Å². The Bertz CT molecular complexity index is 681. The maximum atomic E-state index is 12.7. The van der Waals surface area contributed by atoms with E-state index in [-0.39, 0.29) is 27.6 Å². The molecule has 23 heavy (non-hydrogen) atoms. The summed E-state index contributed by atoms with van der Waals surface area (Å²) in [6.07, 6.45) is 0.693. The van der Waals surface area contributed by atoms with Crippen LogP contribution >= 0.6 is 11.6 Å². The van der Waals surface area contributed by atoms with Crippen molar-refractivity contribution < 1.29 is 17.9 Å². The first-order chi connectivity index (χ1) is 10.8. The molecule has 1 aliphatic rings. The summed E-state index contributed by atoms with van der Waals surface area (Å²) in [5, 5.41) is 3.47. The predicted octanol–water partition coefficient (Wildman–Crippen LogP) is 0.480. The van der Waals surface area contributed by atoms with Gasteiger partial charge >= 0.3 is 0 Å². The molecule has 9 heteroatoms. The third kappa shape index (κ3) is 4.81. The van der Waals surface area contributed by atoms with Gasteiger partial charge in [-0.05, 0) is 43.6 Å². The second kappa shape index (κ2) is 7.48. The number of carbonyl (C=O) groups is 1. The van der Waals surface area contributed by atoms with Crippen LogP contribution in [0.2, 0.25) is 5.02 Å². The van der Waals surface area contributed by atoms with Gasteiger partial charge in [-0.15, -0.1) is 0 Å². The summed E-state index contributed by atoms with van der Waals surface area (Å²) < 4.78 is 33.2. The summed E-state index contributed by atoms with van der Waals surface area (Å²) in [5.74, 6) is -0.488. The van der Waals surface area contributed by atoms with E-state index in [1.54, 1.807) is 0 Å². The average molecular weight is 362 g/mol. The van der Waals surface area contributed by atoms with Crippen molar-refractivity contribution in [1.29, 1.82) is 0 Å². The Labute approximate surface area is 140 Å². The zero-order valence-electron chi connectivity index (χ0n) is 12.7. The van der Waals surface area contributed by atoms with Gasteiger partial charge in [0.05, 0.1) is 0 Å². The van der Waals surface area contributed by atoms with E-state index >= 15 is 0 Å². The van der Waals surface area contributed by atoms with Crippen molar-refractivity contribution in [3.8, 4) is 5.75 Å². The van der Waals surface area contributed by atoms with Gasteiger partial charge in [0.1, 0.15) is 10.6 Å². The molecule has 1 saturated heterocycles. The fraction of sp³-hybridized carbons (Fsp3) is 0.500. The largest absolute Gasteiger partial charge is 0.482 e. The van der Waals surface area contributed by atoms with Crippen LogP contribution in [0.4, 0.5) is 0 Å². The van der Waals surface area contributed by atoms with Gasteiger partial charge < -0.3 is 15.8 Å². The fourth-order valence-corrected chi connectivity index (χ4v) is 4.20. The van der Waals surface area contributed by atoms with E-state index < -0.39 is 22.5 Å². The molecule has 1 heterocycles. The molecule has 1 aliphatic heterocycles. The van der Waals surface area contributed by atoms with E-state index in [1.807, 2.05) is 6.92 Å². The zero-order chi connectivity index (χ0) is 17.0. The number of carbonyl (C=O) groups excluding carboxylic acids is 1. The van der Waals surface area contributed by atoms with Crippen molar-refractivity contribution in [3.05, 3.63) is 23.2 Å². The van der Waals surface area contributed by atoms with Gasteiger partial charge in [0.2, 0.25) is 10.0 Å². The molecule has 1 fully saturated rings. The lowest BCUT2D eigenvalue weighted by Crippen LogP contribution is -2.48. The molecule has 7 nitrogen and oxygen atoms in total. The quantitative estimate of drug-likeness (QED) is 0.682. The van der Waals surface area contributed by atoms with E-state index in [0.717, 1.165) is 13.1 Å². The summed E-state index contributed by atoms with van der Waals surface area (Å²) in [7, 11) is -3.83. The molecular weight excluding hydrogens is 342 g/mol. The molecule has 1 aromatic rings. The van der Waals surface area contributed by atoms with Crippen LogP contribution in [0.15, 0.2) is 23.1 Å². The fourth-order valence-electron chi connectivity index (χ4n) is 2.41. The minimum absolute atomic E-state index is 0.0438. The Morgan fingerprint density at radius 2 is 2.26 bits per heavy atom. The summed E-state index contributed by atoms with van der Waals surface area (Å²) in [4.78, 5) is 10.8. The number of nitrogens with one attached hydrogen (secondary N) is 2. The summed E-state index contributed by atoms with van der Waals surface area (Å²) >= 11 is 5.91. The molecule has 128 valence electrons. The Kier molecular flexibility index (Phi) is 5.85. The van der Waals surface area contributed by atoms with E-state index in [2.05, 4.69) is 10.0 Å². The van der Waals surface area contributed by atoms with Gasteiger partial charge in [-0.25, -0.2) is 13.1 Å². The number of primary amides is 1. The predicted molar refractivity (Wildman–Crippen MR) is 86.9 cm³/mol. The van der Waals surface area contributed by atoms with Crippen LogP contribution in [0, 0.1) is 5.92 Å². The highest BCUT2D eigenvalue weighted by molar-refractivity contribution is 7.89. The lowest BCUT2D eigenvalue weighted by atomic mass is 9.97. The Morgan fingerprint density at radius 1 is 1.52 bits per heavy atom. The van der Waals surface area contributed by atoms with Crippen LogP contribution in [0.3, 0.4) is 0 Å². The van der Waals surface area contributed by atoms with Gasteiger partial charge in [-0.1, -0.05) is 18.5 Å². The highest BCUT2D eigenvalue weighted by Crippen LogP contribution is 2.28. The molecule has 4 N–H and O–H groups in total. The number of piperidine rings is 1. The number of hydrogen-bond donors (Lipinski definition) is 3. The second-order valence-electron chi connectivity index (χ2n) is 5.54. The second-order valence-corrected chi connectivity index (χ2v) is 7.66. The van der Waals surface area contributed by atoms with E-state index in [1.165, 1.54) is 18.2 Å². The Balaban J connectivity index is 2.26. The summed E-state index contributed by atoms with van der Waals surface area (Å²) in [5.41, 5.74) is 5.03. The Morgan fingerprint density at radius 3 is 2.91 bits per heavy atom. The standard InChI is InChI=1S/C14H20ClN3O4S/c1-9-7-17-5-4-11(9)18-23(20,21)13-6-10(15)2-3-12(13)22-8-14(16)19/h2-3,6,9,11,17-18H,4-5,7-8H2,1H3,(H2,16,19). The number of nitrogens with two attached hydrogens (primary N) is 1. The highest BCUT2D eigenvalue weighted by atomic mass is 35.5. The van der Waals surface area contributed by atoms with Crippen molar-refractivity contribution in [3.63, 3.8) is 0 Å². The van der Waals surface area contributed by atoms with Crippen LogP contribution in [-0.4, -0.2) is 40.1 Å². The van der Waals surface area contributed by atoms with E-state index in [9.17, 15) is 13.2 Å². The maximum absolute atomic E-state index is 12.7. The smallest absolute Gasteiger partial charge is 0.255 e. The van der Waals surface area contributed by atoms with Crippen LogP contribution in [0.1, 0.15) is 13.3 Å². The van der Waals surface area contributed by atoms with Crippen molar-refractivity contribution >= 4 is 27.5 Å². The molecule has 1 amide bonds. The van der Waals surface area contributed by atoms with Crippen molar-refractivity contribution in [1.82, 2.24) is 10.0 Å². The molecule has 1 aromatic carbocycles. The van der Waals surface area contributed by atoms with Crippen LogP contribution in [0.25, 0.3) is 0 Å². The van der Waals surface area contributed by atoms with Crippen LogP contribution in [-0.2, 0) is 14.8 Å². The molecule has 0 radical (unpaired) electrons. The van der Waals surface area contributed by atoms with Gasteiger partial charge in [-0.3, -0.25) is 4.79 Å². The van der Waals surface area contributed by atoms with E-state index in [0.29, 0.717) is 6.42 Å². The average Bonchev–Trinajstić information content (AvgIpc) is 2.48.